The second kappa shape index (κ2) is 1.60. The van der Waals surface area contributed by atoms with Gasteiger partial charge in [-0.15, -0.1) is 0 Å². The number of carbonyl (C=O) groups is 1. The van der Waals surface area contributed by atoms with E-state index in [-0.39, 0.29) is 0 Å². The summed E-state index contributed by atoms with van der Waals surface area (Å²) < 4.78 is 0. The minimum atomic E-state index is 0.432. The molecule has 2 fully saturated rings. The Morgan fingerprint density at radius 2 is 2.36 bits per heavy atom. The number of carbonyl (C=O) groups excluding carboxylic acids is 1. The van der Waals surface area contributed by atoms with Crippen molar-refractivity contribution in [3.8, 4) is 0 Å². The lowest BCUT2D eigenvalue weighted by molar-refractivity contribution is -0.115. The van der Waals surface area contributed by atoms with Gasteiger partial charge in [0.05, 0.1) is 0 Å². The first-order chi connectivity index (χ1) is 5.33. The molecule has 3 aliphatic carbocycles. The third kappa shape index (κ3) is 0.559. The molecule has 0 heterocycles. The van der Waals surface area contributed by atoms with E-state index < -0.39 is 0 Å². The normalized spacial score (nSPS) is 46.4. The number of allylic oxidation sites excluding steroid dienone is 2. The Bertz CT molecular complexity index is 264. The van der Waals surface area contributed by atoms with Crippen LogP contribution in [0.15, 0.2) is 11.6 Å². The van der Waals surface area contributed by atoms with Crippen molar-refractivity contribution in [2.75, 3.05) is 0 Å². The van der Waals surface area contributed by atoms with E-state index in [2.05, 4.69) is 0 Å². The molecule has 1 nitrogen and oxygen atoms in total. The van der Waals surface area contributed by atoms with Gasteiger partial charge in [0, 0.05) is 11.3 Å². The number of hydrogen-bond donors (Lipinski definition) is 0. The van der Waals surface area contributed by atoms with E-state index in [4.69, 9.17) is 0 Å². The first-order valence-corrected chi connectivity index (χ1v) is 4.58. The second-order valence-corrected chi connectivity index (χ2v) is 4.19. The number of hydrogen-bond acceptors (Lipinski definition) is 1. The Labute approximate surface area is 66.5 Å². The van der Waals surface area contributed by atoms with Crippen molar-refractivity contribution in [3.05, 3.63) is 11.6 Å². The zero-order valence-corrected chi connectivity index (χ0v) is 6.60. The molecule has 1 spiro atoms. The van der Waals surface area contributed by atoms with Crippen molar-refractivity contribution in [1.82, 2.24) is 0 Å². The van der Waals surface area contributed by atoms with Gasteiger partial charge < -0.3 is 0 Å². The number of rotatable bonds is 0. The van der Waals surface area contributed by atoms with Gasteiger partial charge in [0.25, 0.3) is 0 Å². The second-order valence-electron chi connectivity index (χ2n) is 4.19. The minimum Gasteiger partial charge on any atom is -0.295 e. The first kappa shape index (κ1) is 5.99. The molecule has 0 bridgehead atoms. The van der Waals surface area contributed by atoms with Crippen LogP contribution in [0.1, 0.15) is 32.1 Å². The molecule has 0 aromatic heterocycles. The molecule has 3 aliphatic rings. The van der Waals surface area contributed by atoms with Gasteiger partial charge in [0.15, 0.2) is 5.78 Å². The average molecular weight is 148 g/mol. The highest BCUT2D eigenvalue weighted by molar-refractivity contribution is 5.99. The zero-order valence-electron chi connectivity index (χ0n) is 6.60. The van der Waals surface area contributed by atoms with Crippen molar-refractivity contribution in [3.63, 3.8) is 0 Å². The van der Waals surface area contributed by atoms with Crippen LogP contribution >= 0.6 is 0 Å². The third-order valence-electron chi connectivity index (χ3n) is 3.69. The van der Waals surface area contributed by atoms with E-state index >= 15 is 0 Å². The molecule has 0 aromatic carbocycles. The Hall–Kier alpha value is -0.590. The van der Waals surface area contributed by atoms with Crippen LogP contribution in [0.2, 0.25) is 0 Å². The molecule has 11 heavy (non-hydrogen) atoms. The molecular weight excluding hydrogens is 136 g/mol. The summed E-state index contributed by atoms with van der Waals surface area (Å²) >= 11 is 0. The van der Waals surface area contributed by atoms with Gasteiger partial charge >= 0.3 is 0 Å². The molecular formula is C10H12O. The van der Waals surface area contributed by atoms with E-state index in [0.717, 1.165) is 0 Å². The highest BCUT2D eigenvalue weighted by Crippen LogP contribution is 2.67. The molecule has 2 unspecified atom stereocenters. The van der Waals surface area contributed by atoms with E-state index in [1.165, 1.54) is 37.7 Å². The summed E-state index contributed by atoms with van der Waals surface area (Å²) in [6.45, 7) is 0. The molecule has 0 amide bonds. The molecule has 0 aliphatic heterocycles. The first-order valence-electron chi connectivity index (χ1n) is 4.58. The summed E-state index contributed by atoms with van der Waals surface area (Å²) in [6, 6.07) is 0. The smallest absolute Gasteiger partial charge is 0.159 e. The summed E-state index contributed by atoms with van der Waals surface area (Å²) in [5.74, 6) is 0.875. The lowest BCUT2D eigenvalue weighted by atomic mass is 9.82. The topological polar surface area (TPSA) is 17.1 Å². The molecule has 0 saturated heterocycles. The van der Waals surface area contributed by atoms with Crippen LogP contribution in [0.5, 0.6) is 0 Å². The van der Waals surface area contributed by atoms with Gasteiger partial charge in [-0.2, -0.15) is 0 Å². The van der Waals surface area contributed by atoms with Crippen LogP contribution in [0.4, 0.5) is 0 Å². The average Bonchev–Trinajstić information content (AvgIpc) is 2.65. The lowest BCUT2D eigenvalue weighted by Crippen LogP contribution is -2.09. The Morgan fingerprint density at radius 1 is 1.45 bits per heavy atom. The standard InChI is InChI=1S/C10H12O/c11-9-5-7-3-1-2-4-10(7)6-8(9)10/h5,8H,1-4,6H2. The monoisotopic (exact) mass is 148 g/mol. The number of ketones is 1. The predicted molar refractivity (Wildman–Crippen MR) is 42.1 cm³/mol. The summed E-state index contributed by atoms with van der Waals surface area (Å²) in [6.07, 6.45) is 8.30. The van der Waals surface area contributed by atoms with Gasteiger partial charge in [0.2, 0.25) is 0 Å². The van der Waals surface area contributed by atoms with E-state index in [9.17, 15) is 4.79 Å². The fraction of sp³-hybridized carbons (Fsp3) is 0.700. The molecule has 1 heteroatoms. The van der Waals surface area contributed by atoms with E-state index in [1.807, 2.05) is 6.08 Å². The summed E-state index contributed by atoms with van der Waals surface area (Å²) in [5.41, 5.74) is 1.94. The maximum atomic E-state index is 11.3. The quantitative estimate of drug-likeness (QED) is 0.514. The van der Waals surface area contributed by atoms with Gasteiger partial charge in [-0.05, 0) is 31.8 Å². The Balaban J connectivity index is 2.04. The van der Waals surface area contributed by atoms with Crippen LogP contribution in [-0.2, 0) is 4.79 Å². The van der Waals surface area contributed by atoms with Crippen LogP contribution < -0.4 is 0 Å². The molecule has 2 saturated carbocycles. The van der Waals surface area contributed by atoms with Crippen molar-refractivity contribution < 1.29 is 4.79 Å². The largest absolute Gasteiger partial charge is 0.295 e. The van der Waals surface area contributed by atoms with Crippen molar-refractivity contribution in [2.45, 2.75) is 32.1 Å². The maximum Gasteiger partial charge on any atom is 0.159 e. The fourth-order valence-corrected chi connectivity index (χ4v) is 2.96. The van der Waals surface area contributed by atoms with Crippen molar-refractivity contribution in [2.24, 2.45) is 11.3 Å². The Morgan fingerprint density at radius 3 is 3.09 bits per heavy atom. The molecule has 0 N–H and O–H groups in total. The van der Waals surface area contributed by atoms with E-state index in [0.29, 0.717) is 17.1 Å². The van der Waals surface area contributed by atoms with Gasteiger partial charge in [-0.3, -0.25) is 4.79 Å². The van der Waals surface area contributed by atoms with Crippen molar-refractivity contribution in [1.29, 1.82) is 0 Å². The Kier molecular flexibility index (Phi) is 0.869. The van der Waals surface area contributed by atoms with Crippen LogP contribution in [0.3, 0.4) is 0 Å². The van der Waals surface area contributed by atoms with Crippen molar-refractivity contribution >= 4 is 5.78 Å². The SMILES string of the molecule is O=C1C=C2CCCCC23CC13. The van der Waals surface area contributed by atoms with E-state index in [1.54, 1.807) is 0 Å². The molecule has 2 atom stereocenters. The fourth-order valence-electron chi connectivity index (χ4n) is 2.96. The lowest BCUT2D eigenvalue weighted by Gasteiger charge is -2.22. The maximum absolute atomic E-state index is 11.3. The summed E-state index contributed by atoms with van der Waals surface area (Å²) in [5, 5.41) is 0. The molecule has 58 valence electrons. The molecule has 3 rings (SSSR count). The summed E-state index contributed by atoms with van der Waals surface area (Å²) in [4.78, 5) is 11.3. The highest BCUT2D eigenvalue weighted by Gasteiger charge is 2.62. The molecule has 0 radical (unpaired) electrons. The van der Waals surface area contributed by atoms with Crippen LogP contribution in [0, 0.1) is 11.3 Å². The zero-order chi connectivity index (χ0) is 7.47. The van der Waals surface area contributed by atoms with Gasteiger partial charge in [-0.25, -0.2) is 0 Å². The highest BCUT2D eigenvalue weighted by atomic mass is 16.1. The third-order valence-corrected chi connectivity index (χ3v) is 3.69. The minimum absolute atomic E-state index is 0.432. The van der Waals surface area contributed by atoms with Crippen LogP contribution in [-0.4, -0.2) is 5.78 Å². The predicted octanol–water partition coefficient (Wildman–Crippen LogP) is 2.08. The van der Waals surface area contributed by atoms with Crippen LogP contribution in [0.25, 0.3) is 0 Å². The van der Waals surface area contributed by atoms with Gasteiger partial charge in [-0.1, -0.05) is 12.0 Å². The molecule has 0 aromatic rings. The summed E-state index contributed by atoms with van der Waals surface area (Å²) in [7, 11) is 0. The van der Waals surface area contributed by atoms with Gasteiger partial charge in [0.1, 0.15) is 0 Å².